The Morgan fingerprint density at radius 2 is 1.85 bits per heavy atom. The van der Waals surface area contributed by atoms with Crippen molar-refractivity contribution < 1.29 is 14.4 Å². The molecule has 9 heteroatoms. The van der Waals surface area contributed by atoms with Crippen LogP contribution >= 0.6 is 22.9 Å². The second-order valence-corrected chi connectivity index (χ2v) is 12.0. The summed E-state index contributed by atoms with van der Waals surface area (Å²) in [7, 11) is 1.98. The SMILES string of the molecule is Cc1ncn(C)c1-c1ccc(CN(I)C(=O)[C@@H]2CCCN2C(=O)C(C(C)C)N2Cc3ccccc3C2=O)cc1. The minimum atomic E-state index is -0.607. The van der Waals surface area contributed by atoms with Gasteiger partial charge in [-0.3, -0.25) is 17.5 Å². The maximum atomic E-state index is 13.9. The molecule has 0 aliphatic carbocycles. The van der Waals surface area contributed by atoms with E-state index in [1.54, 1.807) is 19.2 Å². The number of nitrogens with zero attached hydrogens (tertiary/aromatic N) is 5. The van der Waals surface area contributed by atoms with E-state index in [4.69, 9.17) is 0 Å². The Bertz CT molecular complexity index is 1380. The Hall–Kier alpha value is -3.21. The van der Waals surface area contributed by atoms with Crippen molar-refractivity contribution in [2.75, 3.05) is 6.54 Å². The molecule has 1 unspecified atom stereocenters. The number of amides is 3. The molecule has 1 fully saturated rings. The number of halogens is 1. The first-order valence-corrected chi connectivity index (χ1v) is 14.4. The highest BCUT2D eigenvalue weighted by Gasteiger charge is 2.44. The minimum Gasteiger partial charge on any atom is -0.334 e. The van der Waals surface area contributed by atoms with E-state index in [0.29, 0.717) is 31.6 Å². The maximum absolute atomic E-state index is 13.9. The molecule has 0 saturated carbocycles. The van der Waals surface area contributed by atoms with Crippen LogP contribution in [0.3, 0.4) is 0 Å². The van der Waals surface area contributed by atoms with Gasteiger partial charge in [0.1, 0.15) is 12.1 Å². The van der Waals surface area contributed by atoms with Gasteiger partial charge in [-0.2, -0.15) is 0 Å². The van der Waals surface area contributed by atoms with Crippen LogP contribution < -0.4 is 0 Å². The lowest BCUT2D eigenvalue weighted by Crippen LogP contribution is -2.55. The molecule has 3 heterocycles. The van der Waals surface area contributed by atoms with E-state index in [0.717, 1.165) is 34.5 Å². The molecule has 1 saturated heterocycles. The van der Waals surface area contributed by atoms with Crippen LogP contribution in [0.15, 0.2) is 54.9 Å². The van der Waals surface area contributed by atoms with Gasteiger partial charge in [-0.1, -0.05) is 56.3 Å². The molecular weight excluding hydrogens is 605 g/mol. The average molecular weight is 640 g/mol. The molecule has 39 heavy (non-hydrogen) atoms. The van der Waals surface area contributed by atoms with Gasteiger partial charge in [0.25, 0.3) is 11.8 Å². The summed E-state index contributed by atoms with van der Waals surface area (Å²) in [5, 5.41) is 0. The summed E-state index contributed by atoms with van der Waals surface area (Å²) in [5.41, 5.74) is 5.74. The third kappa shape index (κ3) is 5.20. The Kier molecular flexibility index (Phi) is 7.80. The summed E-state index contributed by atoms with van der Waals surface area (Å²) < 4.78 is 3.68. The molecule has 2 aromatic carbocycles. The summed E-state index contributed by atoms with van der Waals surface area (Å²) in [6.07, 6.45) is 3.20. The van der Waals surface area contributed by atoms with Crippen molar-refractivity contribution in [1.29, 1.82) is 0 Å². The summed E-state index contributed by atoms with van der Waals surface area (Å²) in [6, 6.07) is 14.6. The lowest BCUT2D eigenvalue weighted by atomic mass is 10.0. The van der Waals surface area contributed by atoms with E-state index in [1.807, 2.05) is 68.8 Å². The monoisotopic (exact) mass is 639 g/mol. The topological polar surface area (TPSA) is 78.8 Å². The number of aromatic nitrogens is 2. The minimum absolute atomic E-state index is 0.0773. The molecule has 1 aromatic heterocycles. The van der Waals surface area contributed by atoms with E-state index < -0.39 is 12.1 Å². The first kappa shape index (κ1) is 27.4. The molecular formula is C30H34IN5O3. The van der Waals surface area contributed by atoms with Gasteiger partial charge in [-0.05, 0) is 42.9 Å². The molecule has 8 nitrogen and oxygen atoms in total. The van der Waals surface area contributed by atoms with Crippen LogP contribution in [0, 0.1) is 12.8 Å². The standard InChI is InChI=1S/C30H34IN5O3/c1-19(2)26(35-17-23-8-5-6-9-24(23)28(35)37)30(39)34-15-7-10-25(34)29(38)36(31)16-21-11-13-22(14-12-21)27-20(3)32-18-33(27)4/h5-6,8-9,11-14,18-19,25-26H,7,10,15-17H2,1-4H3/t25-,26?/m0/s1. The highest BCUT2D eigenvalue weighted by Crippen LogP contribution is 2.31. The molecule has 0 radical (unpaired) electrons. The van der Waals surface area contributed by atoms with E-state index in [1.165, 1.54) is 0 Å². The van der Waals surface area contributed by atoms with Gasteiger partial charge in [0.15, 0.2) is 0 Å². The predicted octanol–water partition coefficient (Wildman–Crippen LogP) is 4.75. The number of carbonyl (C=O) groups excluding carboxylic acids is 3. The summed E-state index contributed by atoms with van der Waals surface area (Å²) in [5.74, 6) is -0.404. The van der Waals surface area contributed by atoms with Gasteiger partial charge < -0.3 is 14.4 Å². The lowest BCUT2D eigenvalue weighted by molar-refractivity contribution is -0.144. The van der Waals surface area contributed by atoms with Gasteiger partial charge in [0.05, 0.1) is 47.1 Å². The fraction of sp³-hybridized carbons (Fsp3) is 0.400. The quantitative estimate of drug-likeness (QED) is 0.277. The number of benzene rings is 2. The van der Waals surface area contributed by atoms with Crippen molar-refractivity contribution in [1.82, 2.24) is 22.5 Å². The van der Waals surface area contributed by atoms with Crippen molar-refractivity contribution in [3.63, 3.8) is 0 Å². The van der Waals surface area contributed by atoms with Crippen molar-refractivity contribution in [2.45, 2.75) is 58.8 Å². The zero-order valence-electron chi connectivity index (χ0n) is 22.8. The third-order valence-corrected chi connectivity index (χ3v) is 8.62. The van der Waals surface area contributed by atoms with Gasteiger partial charge in [-0.25, -0.2) is 4.98 Å². The van der Waals surface area contributed by atoms with Crippen molar-refractivity contribution in [3.05, 3.63) is 77.2 Å². The number of imidazole rings is 1. The predicted molar refractivity (Wildman–Crippen MR) is 158 cm³/mol. The Morgan fingerprint density at radius 1 is 1.13 bits per heavy atom. The number of hydrogen-bond donors (Lipinski definition) is 0. The number of rotatable bonds is 7. The molecule has 0 N–H and O–H groups in total. The summed E-state index contributed by atoms with van der Waals surface area (Å²) in [4.78, 5) is 48.5. The molecule has 204 valence electrons. The number of hydrogen-bond acceptors (Lipinski definition) is 4. The maximum Gasteiger partial charge on any atom is 0.255 e. The van der Waals surface area contributed by atoms with Gasteiger partial charge in [0, 0.05) is 31.3 Å². The third-order valence-electron chi connectivity index (χ3n) is 7.80. The number of carbonyl (C=O) groups is 3. The van der Waals surface area contributed by atoms with Gasteiger partial charge >= 0.3 is 0 Å². The normalized spacial score (nSPS) is 17.6. The molecule has 3 amide bonds. The lowest BCUT2D eigenvalue weighted by Gasteiger charge is -2.35. The van der Waals surface area contributed by atoms with E-state index >= 15 is 0 Å². The molecule has 2 aliphatic rings. The molecule has 0 spiro atoms. The highest BCUT2D eigenvalue weighted by atomic mass is 127. The fourth-order valence-corrected chi connectivity index (χ4v) is 6.58. The molecule has 2 aliphatic heterocycles. The van der Waals surface area contributed by atoms with E-state index in [-0.39, 0.29) is 23.6 Å². The Labute approximate surface area is 243 Å². The Balaban J connectivity index is 1.28. The average Bonchev–Trinajstić information content (AvgIpc) is 3.62. The van der Waals surface area contributed by atoms with E-state index in [9.17, 15) is 14.4 Å². The van der Waals surface area contributed by atoms with E-state index in [2.05, 4.69) is 40.0 Å². The molecule has 3 aromatic rings. The number of likely N-dealkylation sites (tertiary alicyclic amines) is 1. The van der Waals surface area contributed by atoms with Crippen molar-refractivity contribution in [3.8, 4) is 11.3 Å². The Morgan fingerprint density at radius 3 is 2.49 bits per heavy atom. The van der Waals surface area contributed by atoms with Crippen molar-refractivity contribution >= 4 is 40.6 Å². The molecule has 5 rings (SSSR count). The fourth-order valence-electron chi connectivity index (χ4n) is 5.86. The van der Waals surface area contributed by atoms with Crippen LogP contribution in [0.1, 0.15) is 53.9 Å². The van der Waals surface area contributed by atoms with Crippen LogP contribution in [-0.2, 0) is 29.7 Å². The zero-order valence-corrected chi connectivity index (χ0v) is 25.0. The zero-order chi connectivity index (χ0) is 27.8. The number of aryl methyl sites for hydroxylation is 2. The van der Waals surface area contributed by atoms with Crippen molar-refractivity contribution in [2.24, 2.45) is 13.0 Å². The first-order chi connectivity index (χ1) is 18.7. The molecule has 0 bridgehead atoms. The van der Waals surface area contributed by atoms with Gasteiger partial charge in [-0.15, -0.1) is 0 Å². The van der Waals surface area contributed by atoms with Crippen LogP contribution in [0.5, 0.6) is 0 Å². The van der Waals surface area contributed by atoms with Crippen LogP contribution in [0.2, 0.25) is 0 Å². The van der Waals surface area contributed by atoms with Crippen LogP contribution in [0.4, 0.5) is 0 Å². The smallest absolute Gasteiger partial charge is 0.255 e. The summed E-state index contributed by atoms with van der Waals surface area (Å²) in [6.45, 7) is 7.31. The first-order valence-electron chi connectivity index (χ1n) is 13.4. The van der Waals surface area contributed by atoms with Gasteiger partial charge in [0.2, 0.25) is 5.91 Å². The largest absolute Gasteiger partial charge is 0.334 e. The number of fused-ring (bicyclic) bond motifs is 1. The van der Waals surface area contributed by atoms with Crippen LogP contribution in [0.25, 0.3) is 11.3 Å². The summed E-state index contributed by atoms with van der Waals surface area (Å²) >= 11 is 2.06. The highest BCUT2D eigenvalue weighted by molar-refractivity contribution is 14.1. The van der Waals surface area contributed by atoms with Crippen LogP contribution in [-0.4, -0.2) is 58.8 Å². The second-order valence-electron chi connectivity index (χ2n) is 10.8. The molecule has 2 atom stereocenters. The second kappa shape index (κ2) is 11.1.